The van der Waals surface area contributed by atoms with Gasteiger partial charge in [-0.15, -0.1) is 11.6 Å². The number of benzene rings is 1. The Bertz CT molecular complexity index is 315. The lowest BCUT2D eigenvalue weighted by Crippen LogP contribution is -2.15. The van der Waals surface area contributed by atoms with Gasteiger partial charge in [-0.25, -0.2) is 0 Å². The second-order valence-corrected chi connectivity index (χ2v) is 4.80. The van der Waals surface area contributed by atoms with E-state index in [1.807, 2.05) is 12.1 Å². The smallest absolute Gasteiger partial charge is 0.0637 e. The fraction of sp³-hybridized carbons (Fsp3) is 0.500. The van der Waals surface area contributed by atoms with Gasteiger partial charge in [-0.1, -0.05) is 41.8 Å². The SMILES string of the molecule is ClCCCCCNCc1cccc(Cl)c1Cl. The minimum atomic E-state index is 0.614. The maximum atomic E-state index is 6.07. The van der Waals surface area contributed by atoms with E-state index in [0.717, 1.165) is 37.4 Å². The van der Waals surface area contributed by atoms with Crippen molar-refractivity contribution in [3.63, 3.8) is 0 Å². The highest BCUT2D eigenvalue weighted by Gasteiger charge is 2.02. The third kappa shape index (κ3) is 4.92. The molecule has 0 aromatic heterocycles. The highest BCUT2D eigenvalue weighted by molar-refractivity contribution is 6.42. The van der Waals surface area contributed by atoms with E-state index in [2.05, 4.69) is 5.32 Å². The first-order valence-electron chi connectivity index (χ1n) is 5.45. The quantitative estimate of drug-likeness (QED) is 0.573. The molecule has 1 rings (SSSR count). The van der Waals surface area contributed by atoms with Gasteiger partial charge in [0.2, 0.25) is 0 Å². The summed E-state index contributed by atoms with van der Waals surface area (Å²) >= 11 is 17.6. The van der Waals surface area contributed by atoms with Crippen LogP contribution >= 0.6 is 34.8 Å². The van der Waals surface area contributed by atoms with Crippen LogP contribution in [0.15, 0.2) is 18.2 Å². The maximum Gasteiger partial charge on any atom is 0.0637 e. The number of hydrogen-bond donors (Lipinski definition) is 1. The molecular formula is C12H16Cl3N. The summed E-state index contributed by atoms with van der Waals surface area (Å²) in [6.45, 7) is 1.75. The molecule has 0 unspecified atom stereocenters. The molecular weight excluding hydrogens is 264 g/mol. The van der Waals surface area contributed by atoms with Crippen molar-refractivity contribution >= 4 is 34.8 Å². The van der Waals surface area contributed by atoms with E-state index in [1.54, 1.807) is 6.07 Å². The Labute approximate surface area is 112 Å². The van der Waals surface area contributed by atoms with Crippen LogP contribution in [-0.2, 0) is 6.54 Å². The van der Waals surface area contributed by atoms with Gasteiger partial charge in [-0.2, -0.15) is 0 Å². The van der Waals surface area contributed by atoms with Gasteiger partial charge in [-0.05, 0) is 31.0 Å². The van der Waals surface area contributed by atoms with E-state index in [-0.39, 0.29) is 0 Å². The number of nitrogens with one attached hydrogen (secondary N) is 1. The Morgan fingerprint density at radius 3 is 2.62 bits per heavy atom. The molecule has 0 spiro atoms. The van der Waals surface area contributed by atoms with Crippen LogP contribution in [0.1, 0.15) is 24.8 Å². The summed E-state index contributed by atoms with van der Waals surface area (Å²) in [4.78, 5) is 0. The van der Waals surface area contributed by atoms with Gasteiger partial charge in [0, 0.05) is 12.4 Å². The minimum absolute atomic E-state index is 0.614. The number of halogens is 3. The molecule has 0 aliphatic carbocycles. The van der Waals surface area contributed by atoms with Gasteiger partial charge in [-0.3, -0.25) is 0 Å². The molecule has 0 aliphatic rings. The monoisotopic (exact) mass is 279 g/mol. The number of alkyl halides is 1. The van der Waals surface area contributed by atoms with Gasteiger partial charge in [0.15, 0.2) is 0 Å². The third-order valence-electron chi connectivity index (χ3n) is 2.33. The highest BCUT2D eigenvalue weighted by Crippen LogP contribution is 2.25. The van der Waals surface area contributed by atoms with Crippen molar-refractivity contribution in [3.8, 4) is 0 Å². The Kier molecular flexibility index (Phi) is 7.22. The lowest BCUT2D eigenvalue weighted by atomic mass is 10.2. The van der Waals surface area contributed by atoms with Crippen molar-refractivity contribution in [3.05, 3.63) is 33.8 Å². The summed E-state index contributed by atoms with van der Waals surface area (Å²) in [7, 11) is 0. The zero-order valence-corrected chi connectivity index (χ0v) is 11.4. The summed E-state index contributed by atoms with van der Waals surface area (Å²) in [5, 5.41) is 4.61. The summed E-state index contributed by atoms with van der Waals surface area (Å²) in [5.74, 6) is 0.750. The van der Waals surface area contributed by atoms with E-state index in [0.29, 0.717) is 10.0 Å². The Morgan fingerprint density at radius 1 is 1.06 bits per heavy atom. The van der Waals surface area contributed by atoms with Crippen molar-refractivity contribution in [2.45, 2.75) is 25.8 Å². The molecule has 0 saturated heterocycles. The average molecular weight is 281 g/mol. The normalized spacial score (nSPS) is 10.7. The molecule has 1 nitrogen and oxygen atoms in total. The largest absolute Gasteiger partial charge is 0.313 e. The van der Waals surface area contributed by atoms with Crippen LogP contribution in [0.5, 0.6) is 0 Å². The molecule has 90 valence electrons. The molecule has 0 heterocycles. The third-order valence-corrected chi connectivity index (χ3v) is 3.46. The van der Waals surface area contributed by atoms with Gasteiger partial charge in [0.25, 0.3) is 0 Å². The molecule has 1 aromatic rings. The minimum Gasteiger partial charge on any atom is -0.313 e. The Hall–Kier alpha value is 0.0500. The number of rotatable bonds is 7. The van der Waals surface area contributed by atoms with Crippen molar-refractivity contribution < 1.29 is 0 Å². The van der Waals surface area contributed by atoms with Gasteiger partial charge >= 0.3 is 0 Å². The zero-order valence-electron chi connectivity index (χ0n) is 9.11. The predicted octanol–water partition coefficient (Wildman–Crippen LogP) is 4.49. The second kappa shape index (κ2) is 8.19. The maximum absolute atomic E-state index is 6.07. The van der Waals surface area contributed by atoms with Gasteiger partial charge < -0.3 is 5.32 Å². The van der Waals surface area contributed by atoms with Crippen LogP contribution in [0.4, 0.5) is 0 Å². The van der Waals surface area contributed by atoms with Crippen molar-refractivity contribution in [1.82, 2.24) is 5.32 Å². The predicted molar refractivity (Wildman–Crippen MR) is 72.7 cm³/mol. The lowest BCUT2D eigenvalue weighted by molar-refractivity contribution is 0.618. The topological polar surface area (TPSA) is 12.0 Å². The Balaban J connectivity index is 2.24. The van der Waals surface area contributed by atoms with Crippen LogP contribution in [0.3, 0.4) is 0 Å². The summed E-state index contributed by atoms with van der Waals surface area (Å²) in [6, 6.07) is 5.70. The fourth-order valence-electron chi connectivity index (χ4n) is 1.43. The standard InChI is InChI=1S/C12H16Cl3N/c13-7-2-1-3-8-16-9-10-5-4-6-11(14)12(10)15/h4-6,16H,1-3,7-9H2. The van der Waals surface area contributed by atoms with E-state index in [9.17, 15) is 0 Å². The van der Waals surface area contributed by atoms with Crippen molar-refractivity contribution in [2.75, 3.05) is 12.4 Å². The molecule has 4 heteroatoms. The van der Waals surface area contributed by atoms with Gasteiger partial charge in [0.05, 0.1) is 10.0 Å². The number of hydrogen-bond acceptors (Lipinski definition) is 1. The summed E-state index contributed by atoms with van der Waals surface area (Å²) in [6.07, 6.45) is 3.39. The van der Waals surface area contributed by atoms with E-state index in [1.165, 1.54) is 6.42 Å². The van der Waals surface area contributed by atoms with Crippen LogP contribution in [0, 0.1) is 0 Å². The average Bonchev–Trinajstić information content (AvgIpc) is 2.29. The zero-order chi connectivity index (χ0) is 11.8. The Morgan fingerprint density at radius 2 is 1.88 bits per heavy atom. The second-order valence-electron chi connectivity index (χ2n) is 3.64. The van der Waals surface area contributed by atoms with Crippen LogP contribution in [0.2, 0.25) is 10.0 Å². The van der Waals surface area contributed by atoms with Crippen LogP contribution in [0.25, 0.3) is 0 Å². The van der Waals surface area contributed by atoms with Gasteiger partial charge in [0.1, 0.15) is 0 Å². The first kappa shape index (κ1) is 14.1. The molecule has 0 atom stereocenters. The molecule has 0 amide bonds. The van der Waals surface area contributed by atoms with Crippen molar-refractivity contribution in [2.24, 2.45) is 0 Å². The van der Waals surface area contributed by atoms with E-state index >= 15 is 0 Å². The highest BCUT2D eigenvalue weighted by atomic mass is 35.5. The van der Waals surface area contributed by atoms with Crippen LogP contribution in [-0.4, -0.2) is 12.4 Å². The molecule has 0 bridgehead atoms. The molecule has 0 fully saturated rings. The van der Waals surface area contributed by atoms with Crippen molar-refractivity contribution in [1.29, 1.82) is 0 Å². The summed E-state index contributed by atoms with van der Waals surface area (Å²) < 4.78 is 0. The van der Waals surface area contributed by atoms with E-state index < -0.39 is 0 Å². The molecule has 0 saturated carbocycles. The first-order valence-corrected chi connectivity index (χ1v) is 6.74. The molecule has 1 aromatic carbocycles. The first-order chi connectivity index (χ1) is 7.75. The fourth-order valence-corrected chi connectivity index (χ4v) is 2.01. The lowest BCUT2D eigenvalue weighted by Gasteiger charge is -2.07. The molecule has 0 radical (unpaired) electrons. The molecule has 0 aliphatic heterocycles. The van der Waals surface area contributed by atoms with Crippen LogP contribution < -0.4 is 5.32 Å². The number of unbranched alkanes of at least 4 members (excludes halogenated alkanes) is 2. The summed E-state index contributed by atoms with van der Waals surface area (Å²) in [5.41, 5.74) is 1.05. The molecule has 16 heavy (non-hydrogen) atoms. The van der Waals surface area contributed by atoms with E-state index in [4.69, 9.17) is 34.8 Å². The molecule has 1 N–H and O–H groups in total.